The Labute approximate surface area is 188 Å². The fourth-order valence-electron chi connectivity index (χ4n) is 3.85. The predicted molar refractivity (Wildman–Crippen MR) is 123 cm³/mol. The van der Waals surface area contributed by atoms with Gasteiger partial charge in [-0.3, -0.25) is 14.6 Å². The number of pyridine rings is 1. The topological polar surface area (TPSA) is 85.5 Å². The van der Waals surface area contributed by atoms with Gasteiger partial charge in [0, 0.05) is 23.9 Å². The summed E-state index contributed by atoms with van der Waals surface area (Å²) >= 11 is 0. The Morgan fingerprint density at radius 2 is 1.78 bits per heavy atom. The third-order valence-corrected chi connectivity index (χ3v) is 5.96. The quantitative estimate of drug-likeness (QED) is 0.671. The molecule has 32 heavy (non-hydrogen) atoms. The van der Waals surface area contributed by atoms with Gasteiger partial charge in [0.15, 0.2) is 0 Å². The van der Waals surface area contributed by atoms with Crippen molar-refractivity contribution in [3.05, 3.63) is 88.7 Å². The molecule has 0 aliphatic carbocycles. The van der Waals surface area contributed by atoms with E-state index in [-0.39, 0.29) is 12.0 Å². The first-order valence-electron chi connectivity index (χ1n) is 10.7. The van der Waals surface area contributed by atoms with E-state index in [0.29, 0.717) is 31.7 Å². The largest absolute Gasteiger partial charge is 0.368 e. The minimum atomic E-state index is -0.448. The number of primary amides is 1. The van der Waals surface area contributed by atoms with Crippen LogP contribution in [0.3, 0.4) is 0 Å². The minimum absolute atomic E-state index is 0.104. The fraction of sp³-hybridized carbons (Fsp3) is 0.269. The zero-order chi connectivity index (χ0) is 22.7. The number of ether oxygens (including phenoxy) is 1. The van der Waals surface area contributed by atoms with Gasteiger partial charge in [-0.2, -0.15) is 0 Å². The van der Waals surface area contributed by atoms with E-state index in [9.17, 15) is 9.59 Å². The minimum Gasteiger partial charge on any atom is -0.368 e. The van der Waals surface area contributed by atoms with Gasteiger partial charge in [0.25, 0.3) is 0 Å². The summed E-state index contributed by atoms with van der Waals surface area (Å²) in [4.78, 5) is 30.6. The number of benzene rings is 2. The van der Waals surface area contributed by atoms with Gasteiger partial charge >= 0.3 is 0 Å². The van der Waals surface area contributed by atoms with Crippen molar-refractivity contribution < 1.29 is 14.3 Å². The molecule has 2 aromatic carbocycles. The summed E-state index contributed by atoms with van der Waals surface area (Å²) in [6, 6.07) is 17.2. The third-order valence-electron chi connectivity index (χ3n) is 5.96. The molecule has 6 nitrogen and oxygen atoms in total. The maximum Gasteiger partial charge on any atom is 0.248 e. The SMILES string of the molecule is Cc1ccc(CC(=O)N2CCO[C@@H](c3ccc(-c4ccc(C(N)=O)cc4)cn3)C2)cc1C. The molecular formula is C26H27N3O3. The lowest BCUT2D eigenvalue weighted by Crippen LogP contribution is -2.43. The summed E-state index contributed by atoms with van der Waals surface area (Å²) in [6.07, 6.45) is 1.92. The van der Waals surface area contributed by atoms with Gasteiger partial charge in [0.2, 0.25) is 11.8 Å². The van der Waals surface area contributed by atoms with E-state index in [1.807, 2.05) is 35.2 Å². The predicted octanol–water partition coefficient (Wildman–Crippen LogP) is 3.61. The molecule has 1 saturated heterocycles. The zero-order valence-corrected chi connectivity index (χ0v) is 18.4. The smallest absolute Gasteiger partial charge is 0.248 e. The van der Waals surface area contributed by atoms with E-state index >= 15 is 0 Å². The first kappa shape index (κ1) is 21.7. The van der Waals surface area contributed by atoms with Crippen LogP contribution in [0.5, 0.6) is 0 Å². The van der Waals surface area contributed by atoms with Crippen LogP contribution in [0.4, 0.5) is 0 Å². The number of morpholine rings is 1. The first-order chi connectivity index (χ1) is 15.4. The van der Waals surface area contributed by atoms with Gasteiger partial charge in [-0.25, -0.2) is 0 Å². The molecule has 0 unspecified atom stereocenters. The molecule has 1 fully saturated rings. The molecule has 0 saturated carbocycles. The fourth-order valence-corrected chi connectivity index (χ4v) is 3.85. The number of hydrogen-bond donors (Lipinski definition) is 1. The second kappa shape index (κ2) is 9.32. The van der Waals surface area contributed by atoms with Crippen LogP contribution in [0.1, 0.15) is 38.8 Å². The normalized spacial score (nSPS) is 16.1. The van der Waals surface area contributed by atoms with Crippen LogP contribution in [0.15, 0.2) is 60.8 Å². The van der Waals surface area contributed by atoms with Crippen molar-refractivity contribution >= 4 is 11.8 Å². The van der Waals surface area contributed by atoms with E-state index in [0.717, 1.165) is 22.4 Å². The summed E-state index contributed by atoms with van der Waals surface area (Å²) in [5.41, 5.74) is 11.9. The van der Waals surface area contributed by atoms with Crippen molar-refractivity contribution in [1.82, 2.24) is 9.88 Å². The Hall–Kier alpha value is -3.51. The molecule has 2 N–H and O–H groups in total. The molecule has 4 rings (SSSR count). The third kappa shape index (κ3) is 4.86. The van der Waals surface area contributed by atoms with Crippen molar-refractivity contribution in [2.45, 2.75) is 26.4 Å². The number of aromatic nitrogens is 1. The van der Waals surface area contributed by atoms with Crippen molar-refractivity contribution in [3.63, 3.8) is 0 Å². The molecule has 164 valence electrons. The standard InChI is InChI=1S/C26H27N3O3/c1-17-3-4-19(13-18(17)2)14-25(30)29-11-12-32-24(16-29)23-10-9-22(15-28-23)20-5-7-21(8-6-20)26(27)31/h3-10,13,15,24H,11-12,14,16H2,1-2H3,(H2,27,31)/t24-/m1/s1. The summed E-state index contributed by atoms with van der Waals surface area (Å²) in [5.74, 6) is -0.344. The first-order valence-corrected chi connectivity index (χ1v) is 10.7. The maximum atomic E-state index is 12.9. The van der Waals surface area contributed by atoms with Gasteiger partial charge in [0.05, 0.1) is 25.3 Å². The van der Waals surface area contributed by atoms with E-state index < -0.39 is 5.91 Å². The van der Waals surface area contributed by atoms with E-state index in [4.69, 9.17) is 10.5 Å². The monoisotopic (exact) mass is 429 g/mol. The lowest BCUT2D eigenvalue weighted by molar-refractivity contribution is -0.138. The van der Waals surface area contributed by atoms with Crippen molar-refractivity contribution in [3.8, 4) is 11.1 Å². The molecule has 1 aliphatic heterocycles. The van der Waals surface area contributed by atoms with Crippen LogP contribution < -0.4 is 5.73 Å². The van der Waals surface area contributed by atoms with Gasteiger partial charge in [-0.1, -0.05) is 36.4 Å². The molecule has 1 aromatic heterocycles. The second-order valence-corrected chi connectivity index (χ2v) is 8.21. The molecule has 0 radical (unpaired) electrons. The second-order valence-electron chi connectivity index (χ2n) is 8.21. The van der Waals surface area contributed by atoms with Gasteiger partial charge < -0.3 is 15.4 Å². The van der Waals surface area contributed by atoms with Crippen LogP contribution in [-0.4, -0.2) is 41.4 Å². The molecule has 1 aliphatic rings. The zero-order valence-electron chi connectivity index (χ0n) is 18.4. The number of nitrogens with zero attached hydrogens (tertiary/aromatic N) is 2. The van der Waals surface area contributed by atoms with Gasteiger partial charge in [-0.15, -0.1) is 0 Å². The summed E-state index contributed by atoms with van der Waals surface area (Å²) in [7, 11) is 0. The van der Waals surface area contributed by atoms with Crippen LogP contribution in [0, 0.1) is 13.8 Å². The highest BCUT2D eigenvalue weighted by Gasteiger charge is 2.26. The molecule has 1 atom stereocenters. The number of carbonyl (C=O) groups is 2. The molecule has 0 bridgehead atoms. The Kier molecular flexibility index (Phi) is 6.32. The highest BCUT2D eigenvalue weighted by molar-refractivity contribution is 5.93. The summed E-state index contributed by atoms with van der Waals surface area (Å²) < 4.78 is 5.91. The van der Waals surface area contributed by atoms with Crippen molar-refractivity contribution in [1.29, 1.82) is 0 Å². The number of aryl methyl sites for hydroxylation is 2. The molecule has 6 heteroatoms. The lowest BCUT2D eigenvalue weighted by atomic mass is 10.0. The van der Waals surface area contributed by atoms with E-state index in [1.54, 1.807) is 18.3 Å². The molecular weight excluding hydrogens is 402 g/mol. The molecule has 2 amide bonds. The average molecular weight is 430 g/mol. The van der Waals surface area contributed by atoms with E-state index in [1.165, 1.54) is 11.1 Å². The van der Waals surface area contributed by atoms with Gasteiger partial charge in [-0.05, 0) is 54.3 Å². The summed E-state index contributed by atoms with van der Waals surface area (Å²) in [6.45, 7) is 5.70. The highest BCUT2D eigenvalue weighted by Crippen LogP contribution is 2.25. The van der Waals surface area contributed by atoms with E-state index in [2.05, 4.69) is 31.0 Å². The molecule has 3 aromatic rings. The average Bonchev–Trinajstić information content (AvgIpc) is 2.82. The number of rotatable bonds is 5. The number of amides is 2. The van der Waals surface area contributed by atoms with Crippen LogP contribution in [0.2, 0.25) is 0 Å². The number of carbonyl (C=O) groups excluding carboxylic acids is 2. The Balaban J connectivity index is 1.41. The Morgan fingerprint density at radius 1 is 1.03 bits per heavy atom. The highest BCUT2D eigenvalue weighted by atomic mass is 16.5. The Morgan fingerprint density at radius 3 is 2.44 bits per heavy atom. The maximum absolute atomic E-state index is 12.9. The van der Waals surface area contributed by atoms with Crippen molar-refractivity contribution in [2.75, 3.05) is 19.7 Å². The lowest BCUT2D eigenvalue weighted by Gasteiger charge is -2.33. The van der Waals surface area contributed by atoms with Gasteiger partial charge in [0.1, 0.15) is 6.10 Å². The number of hydrogen-bond acceptors (Lipinski definition) is 4. The molecule has 2 heterocycles. The van der Waals surface area contributed by atoms with Crippen LogP contribution in [0.25, 0.3) is 11.1 Å². The van der Waals surface area contributed by atoms with Crippen molar-refractivity contribution in [2.24, 2.45) is 5.73 Å². The van der Waals surface area contributed by atoms with Crippen LogP contribution >= 0.6 is 0 Å². The molecule has 0 spiro atoms. The Bertz CT molecular complexity index is 1120. The van der Waals surface area contributed by atoms with Crippen LogP contribution in [-0.2, 0) is 16.0 Å². The number of nitrogens with two attached hydrogens (primary N) is 1. The summed E-state index contributed by atoms with van der Waals surface area (Å²) in [5, 5.41) is 0.